The van der Waals surface area contributed by atoms with Crippen LogP contribution in [0.25, 0.3) is 5.69 Å². The van der Waals surface area contributed by atoms with Crippen LogP contribution in [-0.2, 0) is 0 Å². The van der Waals surface area contributed by atoms with Crippen LogP contribution in [0.3, 0.4) is 0 Å². The molecule has 0 bridgehead atoms. The minimum absolute atomic E-state index is 0.0369. The largest absolute Gasteiger partial charge is 0.218 e. The Balaban J connectivity index is 2.18. The Morgan fingerprint density at radius 2 is 2.11 bits per heavy atom. The van der Waals surface area contributed by atoms with Crippen LogP contribution in [0.2, 0.25) is 5.15 Å². The monoisotopic (exact) mass is 279 g/mol. The van der Waals surface area contributed by atoms with Crippen molar-refractivity contribution in [2.45, 2.75) is 18.8 Å². The first-order valence-electron chi connectivity index (χ1n) is 5.75. The van der Waals surface area contributed by atoms with Crippen molar-refractivity contribution in [2.24, 2.45) is 0 Å². The molecule has 0 atom stereocenters. The van der Waals surface area contributed by atoms with Gasteiger partial charge in [0, 0.05) is 12.0 Å². The maximum atomic E-state index is 13.7. The van der Waals surface area contributed by atoms with Crippen LogP contribution >= 0.6 is 11.6 Å². The Bertz CT molecular complexity index is 699. The summed E-state index contributed by atoms with van der Waals surface area (Å²) in [5.41, 5.74) is 0.902. The van der Waals surface area contributed by atoms with E-state index in [0.717, 1.165) is 29.7 Å². The van der Waals surface area contributed by atoms with Crippen LogP contribution in [0, 0.1) is 23.0 Å². The minimum Gasteiger partial charge on any atom is -0.218 e. The average Bonchev–Trinajstić information content (AvgIpc) is 3.15. The molecule has 0 saturated heterocycles. The minimum atomic E-state index is -0.767. The zero-order chi connectivity index (χ0) is 13.6. The van der Waals surface area contributed by atoms with Gasteiger partial charge in [0.05, 0.1) is 5.69 Å². The molecule has 1 saturated carbocycles. The zero-order valence-corrected chi connectivity index (χ0v) is 10.5. The summed E-state index contributed by atoms with van der Waals surface area (Å²) in [5.74, 6) is -1.22. The second kappa shape index (κ2) is 4.32. The molecule has 0 radical (unpaired) electrons. The Hall–Kier alpha value is -1.93. The maximum Gasteiger partial charge on any atom is 0.151 e. The normalized spacial score (nSPS) is 14.4. The first-order chi connectivity index (χ1) is 9.11. The van der Waals surface area contributed by atoms with Gasteiger partial charge in [-0.15, -0.1) is 0 Å². The van der Waals surface area contributed by atoms with E-state index >= 15 is 0 Å². The number of benzene rings is 1. The van der Waals surface area contributed by atoms with Crippen LogP contribution in [0.15, 0.2) is 18.2 Å². The predicted molar refractivity (Wildman–Crippen MR) is 65.2 cm³/mol. The number of nitrogens with zero attached hydrogens (tertiary/aromatic N) is 3. The van der Waals surface area contributed by atoms with Crippen LogP contribution in [0.5, 0.6) is 0 Å². The highest BCUT2D eigenvalue weighted by Gasteiger charge is 2.32. The van der Waals surface area contributed by atoms with Crippen molar-refractivity contribution in [2.75, 3.05) is 0 Å². The van der Waals surface area contributed by atoms with E-state index in [1.54, 1.807) is 0 Å². The number of aromatic nitrogens is 2. The Morgan fingerprint density at radius 3 is 2.68 bits per heavy atom. The molecule has 3 nitrogen and oxygen atoms in total. The predicted octanol–water partition coefficient (Wildman–Crippen LogP) is 3.55. The van der Waals surface area contributed by atoms with Gasteiger partial charge in [0.15, 0.2) is 11.0 Å². The molecule has 3 rings (SSSR count). The fraction of sp³-hybridized carbons (Fsp3) is 0.231. The summed E-state index contributed by atoms with van der Waals surface area (Å²) in [6.45, 7) is 0. The molecule has 2 aromatic rings. The van der Waals surface area contributed by atoms with Crippen molar-refractivity contribution in [3.63, 3.8) is 0 Å². The highest BCUT2D eigenvalue weighted by molar-refractivity contribution is 6.31. The third-order valence-corrected chi connectivity index (χ3v) is 3.42. The summed E-state index contributed by atoms with van der Waals surface area (Å²) in [7, 11) is 0. The standard InChI is InChI=1S/C13H8ClF2N3/c14-13-9(6-17)12(7-1-2-7)18-19(13)11-4-3-8(15)5-10(11)16/h3-5,7H,1-2H2. The summed E-state index contributed by atoms with van der Waals surface area (Å²) < 4.78 is 27.8. The lowest BCUT2D eigenvalue weighted by molar-refractivity contribution is 0.573. The van der Waals surface area contributed by atoms with Crippen molar-refractivity contribution >= 4 is 11.6 Å². The number of halogens is 3. The van der Waals surface area contributed by atoms with Gasteiger partial charge < -0.3 is 0 Å². The molecule has 1 aliphatic carbocycles. The molecule has 1 aromatic carbocycles. The van der Waals surface area contributed by atoms with Gasteiger partial charge in [0.25, 0.3) is 0 Å². The lowest BCUT2D eigenvalue weighted by atomic mass is 10.2. The molecule has 0 spiro atoms. The highest BCUT2D eigenvalue weighted by Crippen LogP contribution is 2.42. The van der Waals surface area contributed by atoms with Crippen molar-refractivity contribution < 1.29 is 8.78 Å². The molecule has 0 N–H and O–H groups in total. The van der Waals surface area contributed by atoms with E-state index < -0.39 is 11.6 Å². The summed E-state index contributed by atoms with van der Waals surface area (Å²) in [4.78, 5) is 0. The third kappa shape index (κ3) is 1.98. The molecule has 0 amide bonds. The molecule has 19 heavy (non-hydrogen) atoms. The van der Waals surface area contributed by atoms with Crippen LogP contribution in [-0.4, -0.2) is 9.78 Å². The summed E-state index contributed by atoms with van der Waals surface area (Å²) in [6.07, 6.45) is 1.90. The molecule has 1 aromatic heterocycles. The molecule has 0 unspecified atom stereocenters. The van der Waals surface area contributed by atoms with Gasteiger partial charge in [-0.3, -0.25) is 0 Å². The number of rotatable bonds is 2. The van der Waals surface area contributed by atoms with Gasteiger partial charge in [-0.2, -0.15) is 10.4 Å². The topological polar surface area (TPSA) is 41.6 Å². The van der Waals surface area contributed by atoms with Crippen LogP contribution in [0.4, 0.5) is 8.78 Å². The summed E-state index contributed by atoms with van der Waals surface area (Å²) >= 11 is 6.07. The molecule has 6 heteroatoms. The molecule has 1 aliphatic rings. The van der Waals surface area contributed by atoms with E-state index in [9.17, 15) is 8.78 Å². The van der Waals surface area contributed by atoms with Gasteiger partial charge in [0.2, 0.25) is 0 Å². The Morgan fingerprint density at radius 1 is 1.37 bits per heavy atom. The van der Waals surface area contributed by atoms with Gasteiger partial charge >= 0.3 is 0 Å². The van der Waals surface area contributed by atoms with Crippen molar-refractivity contribution in [1.29, 1.82) is 5.26 Å². The van der Waals surface area contributed by atoms with E-state index in [4.69, 9.17) is 16.9 Å². The average molecular weight is 280 g/mol. The fourth-order valence-corrected chi connectivity index (χ4v) is 2.24. The van der Waals surface area contributed by atoms with E-state index in [1.165, 1.54) is 6.07 Å². The van der Waals surface area contributed by atoms with Crippen molar-refractivity contribution in [1.82, 2.24) is 9.78 Å². The lowest BCUT2D eigenvalue weighted by Gasteiger charge is -2.04. The second-order valence-corrected chi connectivity index (χ2v) is 4.80. The summed E-state index contributed by atoms with van der Waals surface area (Å²) in [6, 6.07) is 5.13. The smallest absolute Gasteiger partial charge is 0.151 e. The number of hydrogen-bond donors (Lipinski definition) is 0. The number of nitriles is 1. The zero-order valence-electron chi connectivity index (χ0n) is 9.70. The highest BCUT2D eigenvalue weighted by atomic mass is 35.5. The first kappa shape index (κ1) is 12.1. The van der Waals surface area contributed by atoms with Gasteiger partial charge in [-0.25, -0.2) is 13.5 Å². The van der Waals surface area contributed by atoms with Crippen LogP contribution in [0.1, 0.15) is 30.0 Å². The van der Waals surface area contributed by atoms with E-state index in [0.29, 0.717) is 5.69 Å². The fourth-order valence-electron chi connectivity index (χ4n) is 1.97. The maximum absolute atomic E-state index is 13.7. The van der Waals surface area contributed by atoms with Gasteiger partial charge in [-0.1, -0.05) is 11.6 Å². The summed E-state index contributed by atoms with van der Waals surface area (Å²) in [5, 5.41) is 13.4. The van der Waals surface area contributed by atoms with E-state index in [2.05, 4.69) is 5.10 Å². The molecular formula is C13H8ClF2N3. The Labute approximate surface area is 113 Å². The first-order valence-corrected chi connectivity index (χ1v) is 6.13. The van der Waals surface area contributed by atoms with Gasteiger partial charge in [0.1, 0.15) is 23.1 Å². The molecule has 1 fully saturated rings. The second-order valence-electron chi connectivity index (χ2n) is 4.44. The SMILES string of the molecule is N#Cc1c(C2CC2)nn(-c2ccc(F)cc2F)c1Cl. The van der Waals surface area contributed by atoms with E-state index in [1.807, 2.05) is 6.07 Å². The number of hydrogen-bond acceptors (Lipinski definition) is 2. The molecular weight excluding hydrogens is 272 g/mol. The Kier molecular flexibility index (Phi) is 2.76. The van der Waals surface area contributed by atoms with Crippen LogP contribution < -0.4 is 0 Å². The quantitative estimate of drug-likeness (QED) is 0.843. The third-order valence-electron chi connectivity index (χ3n) is 3.07. The van der Waals surface area contributed by atoms with Crippen molar-refractivity contribution in [3.8, 4) is 11.8 Å². The molecule has 0 aliphatic heterocycles. The lowest BCUT2D eigenvalue weighted by Crippen LogP contribution is -2.01. The van der Waals surface area contributed by atoms with Gasteiger partial charge in [-0.05, 0) is 25.0 Å². The molecule has 96 valence electrons. The van der Waals surface area contributed by atoms with E-state index in [-0.39, 0.29) is 22.3 Å². The molecule has 1 heterocycles. The van der Waals surface area contributed by atoms with Crippen molar-refractivity contribution in [3.05, 3.63) is 46.2 Å².